The fourth-order valence-corrected chi connectivity index (χ4v) is 1.95. The van der Waals surface area contributed by atoms with Gasteiger partial charge in [0.1, 0.15) is 0 Å². The lowest BCUT2D eigenvalue weighted by Gasteiger charge is -2.20. The lowest BCUT2D eigenvalue weighted by Crippen LogP contribution is -2.25. The number of benzene rings is 2. The van der Waals surface area contributed by atoms with Crippen molar-refractivity contribution in [3.8, 4) is 11.8 Å². The topological polar surface area (TPSA) is 17.1 Å². The monoisotopic (exact) mass is 262 g/mol. The van der Waals surface area contributed by atoms with Gasteiger partial charge in [0.05, 0.1) is 5.41 Å². The third kappa shape index (κ3) is 3.16. The van der Waals surface area contributed by atoms with Gasteiger partial charge in [0, 0.05) is 11.1 Å². The smallest absolute Gasteiger partial charge is 0.180 e. The van der Waals surface area contributed by atoms with Crippen molar-refractivity contribution in [1.82, 2.24) is 0 Å². The summed E-state index contributed by atoms with van der Waals surface area (Å²) in [6, 6.07) is 19.1. The highest BCUT2D eigenvalue weighted by atomic mass is 16.1. The minimum Gasteiger partial charge on any atom is -0.292 e. The molecule has 0 aliphatic heterocycles. The molecule has 2 aromatic rings. The number of carbonyl (C=O) groups is 1. The number of hydrogen-bond donors (Lipinski definition) is 0. The van der Waals surface area contributed by atoms with Crippen molar-refractivity contribution >= 4 is 5.78 Å². The summed E-state index contributed by atoms with van der Waals surface area (Å²) >= 11 is 0. The number of rotatable bonds is 3. The average Bonchev–Trinajstić information content (AvgIpc) is 2.53. The zero-order valence-corrected chi connectivity index (χ0v) is 11.9. The quantitative estimate of drug-likeness (QED) is 0.594. The van der Waals surface area contributed by atoms with E-state index in [2.05, 4.69) is 11.8 Å². The summed E-state index contributed by atoms with van der Waals surface area (Å²) in [4.78, 5) is 12.6. The van der Waals surface area contributed by atoms with Gasteiger partial charge in [-0.05, 0) is 25.5 Å². The van der Waals surface area contributed by atoms with Gasteiger partial charge in [-0.2, -0.15) is 0 Å². The predicted molar refractivity (Wildman–Crippen MR) is 82.5 cm³/mol. The Morgan fingerprint density at radius 2 is 1.55 bits per heavy atom. The number of hydrogen-bond acceptors (Lipinski definition) is 1. The first kappa shape index (κ1) is 14.1. The Kier molecular flexibility index (Phi) is 4.38. The zero-order chi connectivity index (χ0) is 14.4. The maximum absolute atomic E-state index is 12.6. The number of Topliss-reactive ketones (excluding diaryl/α,β-unsaturated/α-hetero) is 1. The summed E-state index contributed by atoms with van der Waals surface area (Å²) in [5.74, 6) is 6.36. The van der Waals surface area contributed by atoms with Crippen molar-refractivity contribution in [2.75, 3.05) is 0 Å². The van der Waals surface area contributed by atoms with E-state index in [9.17, 15) is 4.79 Å². The Morgan fingerprint density at radius 3 is 2.10 bits per heavy atom. The fraction of sp³-hybridized carbons (Fsp3) is 0.211. The molecule has 2 rings (SSSR count). The molecule has 0 radical (unpaired) electrons. The molecular weight excluding hydrogens is 244 g/mol. The van der Waals surface area contributed by atoms with E-state index in [1.807, 2.05) is 74.5 Å². The maximum atomic E-state index is 12.6. The fourth-order valence-electron chi connectivity index (χ4n) is 1.95. The second-order valence-electron chi connectivity index (χ2n) is 5.00. The second kappa shape index (κ2) is 6.21. The zero-order valence-electron chi connectivity index (χ0n) is 11.9. The molecular formula is C19H18O. The SMILES string of the molecule is CCC(C)(C#Cc1ccccc1)C(=O)c1ccccc1. The number of carbonyl (C=O) groups excluding carboxylic acids is 1. The Hall–Kier alpha value is -2.33. The van der Waals surface area contributed by atoms with Crippen LogP contribution in [0.2, 0.25) is 0 Å². The van der Waals surface area contributed by atoms with Crippen LogP contribution in [0.1, 0.15) is 36.2 Å². The molecule has 2 aromatic carbocycles. The molecule has 0 heterocycles. The van der Waals surface area contributed by atoms with Crippen molar-refractivity contribution in [2.24, 2.45) is 5.41 Å². The van der Waals surface area contributed by atoms with Crippen LogP contribution in [0.3, 0.4) is 0 Å². The molecule has 20 heavy (non-hydrogen) atoms. The summed E-state index contributed by atoms with van der Waals surface area (Å²) in [5.41, 5.74) is 1.02. The molecule has 0 fully saturated rings. The van der Waals surface area contributed by atoms with Gasteiger partial charge in [-0.15, -0.1) is 0 Å². The van der Waals surface area contributed by atoms with Crippen molar-refractivity contribution in [1.29, 1.82) is 0 Å². The molecule has 1 heteroatoms. The molecule has 0 aliphatic rings. The van der Waals surface area contributed by atoms with Gasteiger partial charge in [0.2, 0.25) is 0 Å². The van der Waals surface area contributed by atoms with Gasteiger partial charge < -0.3 is 0 Å². The number of ketones is 1. The normalized spacial score (nSPS) is 12.9. The molecule has 0 aromatic heterocycles. The molecule has 1 nitrogen and oxygen atoms in total. The molecule has 0 aliphatic carbocycles. The van der Waals surface area contributed by atoms with E-state index in [1.165, 1.54) is 0 Å². The van der Waals surface area contributed by atoms with Crippen LogP contribution in [-0.2, 0) is 0 Å². The first-order valence-electron chi connectivity index (χ1n) is 6.84. The van der Waals surface area contributed by atoms with Gasteiger partial charge in [-0.3, -0.25) is 4.79 Å². The highest BCUT2D eigenvalue weighted by molar-refractivity contribution is 6.02. The minimum absolute atomic E-state index is 0.0871. The van der Waals surface area contributed by atoms with E-state index in [0.29, 0.717) is 6.42 Å². The van der Waals surface area contributed by atoms with Gasteiger partial charge in [-0.25, -0.2) is 0 Å². The van der Waals surface area contributed by atoms with Crippen LogP contribution in [0.15, 0.2) is 60.7 Å². The molecule has 0 amide bonds. The Balaban J connectivity index is 2.31. The Morgan fingerprint density at radius 1 is 1.00 bits per heavy atom. The molecule has 1 unspecified atom stereocenters. The van der Waals surface area contributed by atoms with Gasteiger partial charge in [-0.1, -0.05) is 67.3 Å². The van der Waals surface area contributed by atoms with Gasteiger partial charge >= 0.3 is 0 Å². The van der Waals surface area contributed by atoms with Crippen molar-refractivity contribution in [3.63, 3.8) is 0 Å². The summed E-state index contributed by atoms with van der Waals surface area (Å²) in [7, 11) is 0. The Labute approximate surface area is 120 Å². The van der Waals surface area contributed by atoms with E-state index in [-0.39, 0.29) is 5.78 Å². The van der Waals surface area contributed by atoms with E-state index >= 15 is 0 Å². The maximum Gasteiger partial charge on any atom is 0.180 e. The first-order valence-corrected chi connectivity index (χ1v) is 6.84. The molecule has 1 atom stereocenters. The van der Waals surface area contributed by atoms with E-state index < -0.39 is 5.41 Å². The van der Waals surface area contributed by atoms with Crippen LogP contribution in [-0.4, -0.2) is 5.78 Å². The van der Waals surface area contributed by atoms with Gasteiger partial charge in [0.25, 0.3) is 0 Å². The molecule has 0 spiro atoms. The van der Waals surface area contributed by atoms with Crippen LogP contribution < -0.4 is 0 Å². The van der Waals surface area contributed by atoms with Crippen molar-refractivity contribution < 1.29 is 4.79 Å². The van der Waals surface area contributed by atoms with Crippen molar-refractivity contribution in [2.45, 2.75) is 20.3 Å². The third-order valence-electron chi connectivity index (χ3n) is 3.50. The van der Waals surface area contributed by atoms with Crippen LogP contribution >= 0.6 is 0 Å². The molecule has 0 saturated carbocycles. The summed E-state index contributed by atoms with van der Waals surface area (Å²) in [5, 5.41) is 0. The minimum atomic E-state index is -0.642. The van der Waals surface area contributed by atoms with Crippen LogP contribution in [0, 0.1) is 17.3 Å². The van der Waals surface area contributed by atoms with Crippen LogP contribution in [0.4, 0.5) is 0 Å². The average molecular weight is 262 g/mol. The highest BCUT2D eigenvalue weighted by Crippen LogP contribution is 2.25. The van der Waals surface area contributed by atoms with E-state index in [0.717, 1.165) is 11.1 Å². The summed E-state index contributed by atoms with van der Waals surface area (Å²) in [6.07, 6.45) is 0.695. The highest BCUT2D eigenvalue weighted by Gasteiger charge is 2.29. The standard InChI is InChI=1S/C19H18O/c1-3-19(2,15-14-16-10-6-4-7-11-16)18(20)17-12-8-5-9-13-17/h4-13H,3H2,1-2H3. The second-order valence-corrected chi connectivity index (χ2v) is 5.00. The predicted octanol–water partition coefficient (Wildman–Crippen LogP) is 4.34. The Bertz CT molecular complexity index is 632. The lowest BCUT2D eigenvalue weighted by molar-refractivity contribution is 0.0874. The van der Waals surface area contributed by atoms with Crippen LogP contribution in [0.25, 0.3) is 0 Å². The molecule has 0 saturated heterocycles. The lowest BCUT2D eigenvalue weighted by atomic mass is 9.80. The summed E-state index contributed by atoms with van der Waals surface area (Å²) < 4.78 is 0. The third-order valence-corrected chi connectivity index (χ3v) is 3.50. The first-order chi connectivity index (χ1) is 9.65. The van der Waals surface area contributed by atoms with Gasteiger partial charge in [0.15, 0.2) is 5.78 Å². The molecule has 0 bridgehead atoms. The van der Waals surface area contributed by atoms with E-state index in [1.54, 1.807) is 0 Å². The molecule has 0 N–H and O–H groups in total. The summed E-state index contributed by atoms with van der Waals surface area (Å²) in [6.45, 7) is 3.92. The van der Waals surface area contributed by atoms with Crippen LogP contribution in [0.5, 0.6) is 0 Å². The largest absolute Gasteiger partial charge is 0.292 e. The van der Waals surface area contributed by atoms with Crippen molar-refractivity contribution in [3.05, 3.63) is 71.8 Å². The van der Waals surface area contributed by atoms with E-state index in [4.69, 9.17) is 0 Å². The molecule has 100 valence electrons.